The highest BCUT2D eigenvalue weighted by Gasteiger charge is 2.43. The van der Waals surface area contributed by atoms with Gasteiger partial charge in [-0.15, -0.1) is 0 Å². The third kappa shape index (κ3) is 3.87. The Labute approximate surface area is 153 Å². The van der Waals surface area contributed by atoms with Crippen molar-refractivity contribution < 1.29 is 22.7 Å². The van der Waals surface area contributed by atoms with E-state index < -0.39 is 22.7 Å². The first-order valence-corrected chi connectivity index (χ1v) is 8.18. The van der Waals surface area contributed by atoms with Crippen molar-refractivity contribution in [3.63, 3.8) is 0 Å². The van der Waals surface area contributed by atoms with Gasteiger partial charge in [-0.25, -0.2) is 4.98 Å². The molecule has 1 saturated heterocycles. The topological polar surface area (TPSA) is 75.3 Å². The number of hydrogen-bond donors (Lipinski definition) is 1. The Kier molecular flexibility index (Phi) is 4.81. The number of Topliss-reactive ketones (excluding diaryl/α,β-unsaturated/α-hetero) is 1. The van der Waals surface area contributed by atoms with Crippen LogP contribution in [-0.2, 0) is 16.3 Å². The second kappa shape index (κ2) is 6.80. The molecule has 0 unspecified atom stereocenters. The van der Waals surface area contributed by atoms with Crippen LogP contribution in [0.25, 0.3) is 0 Å². The molecule has 1 fully saturated rings. The third-order valence-electron chi connectivity index (χ3n) is 4.52. The maximum atomic E-state index is 12.8. The van der Waals surface area contributed by atoms with Crippen molar-refractivity contribution in [2.75, 3.05) is 32.2 Å². The Morgan fingerprint density at radius 1 is 1.26 bits per heavy atom. The molecule has 3 rings (SSSR count). The number of benzene rings is 1. The summed E-state index contributed by atoms with van der Waals surface area (Å²) in [5, 5.41) is 0. The van der Waals surface area contributed by atoms with Gasteiger partial charge >= 0.3 is 6.18 Å². The first-order valence-electron chi connectivity index (χ1n) is 8.18. The molecule has 9 heteroatoms. The van der Waals surface area contributed by atoms with E-state index in [1.807, 2.05) is 0 Å². The third-order valence-corrected chi connectivity index (χ3v) is 4.52. The van der Waals surface area contributed by atoms with Crippen molar-refractivity contribution in [3.8, 4) is 0 Å². The van der Waals surface area contributed by atoms with Crippen LogP contribution in [-0.4, -0.2) is 43.1 Å². The number of alkyl halides is 3. The number of hydrogen-bond acceptors (Lipinski definition) is 5. The predicted octanol–water partition coefficient (Wildman–Crippen LogP) is 2.40. The summed E-state index contributed by atoms with van der Waals surface area (Å²) in [6.45, 7) is 0.432. The second-order valence-corrected chi connectivity index (χ2v) is 6.80. The lowest BCUT2D eigenvalue weighted by molar-refractivity contribution is -0.137. The van der Waals surface area contributed by atoms with Crippen molar-refractivity contribution in [3.05, 3.63) is 57.5 Å². The zero-order valence-electron chi connectivity index (χ0n) is 14.8. The minimum atomic E-state index is -4.42. The zero-order valence-corrected chi connectivity index (χ0v) is 14.8. The molecule has 1 N–H and O–H groups in total. The molecule has 27 heavy (non-hydrogen) atoms. The molecule has 1 aromatic heterocycles. The quantitative estimate of drug-likeness (QED) is 0.805. The molecule has 0 amide bonds. The Morgan fingerprint density at radius 3 is 2.37 bits per heavy atom. The molecule has 0 saturated carbocycles. The van der Waals surface area contributed by atoms with Gasteiger partial charge in [-0.1, -0.05) is 12.1 Å². The Balaban J connectivity index is 1.86. The molecular formula is C18H18F3N3O3. The highest BCUT2D eigenvalue weighted by atomic mass is 19.4. The lowest BCUT2D eigenvalue weighted by atomic mass is 9.74. The molecule has 0 spiro atoms. The lowest BCUT2D eigenvalue weighted by Crippen LogP contribution is -2.48. The molecule has 1 aliphatic heterocycles. The van der Waals surface area contributed by atoms with Gasteiger partial charge in [0.25, 0.3) is 5.56 Å². The number of carbonyl (C=O) groups excluding carboxylic acids is 1. The van der Waals surface area contributed by atoms with Gasteiger partial charge in [0.2, 0.25) is 5.95 Å². The highest BCUT2D eigenvalue weighted by Crippen LogP contribution is 2.38. The summed E-state index contributed by atoms with van der Waals surface area (Å²) in [5.74, 6) is -0.119. The van der Waals surface area contributed by atoms with Crippen LogP contribution in [0, 0.1) is 0 Å². The fraction of sp³-hybridized carbons (Fsp3) is 0.389. The van der Waals surface area contributed by atoms with Gasteiger partial charge in [-0.3, -0.25) is 14.6 Å². The number of nitrogens with zero attached hydrogens (tertiary/aromatic N) is 2. The van der Waals surface area contributed by atoms with Crippen molar-refractivity contribution in [2.45, 2.75) is 18.0 Å². The molecule has 0 radical (unpaired) electrons. The summed E-state index contributed by atoms with van der Waals surface area (Å²) in [7, 11) is 3.35. The van der Waals surface area contributed by atoms with Gasteiger partial charge in [0.1, 0.15) is 5.69 Å². The van der Waals surface area contributed by atoms with Crippen LogP contribution in [0.15, 0.2) is 35.1 Å². The number of aromatic nitrogens is 2. The number of carbonyl (C=O) groups is 1. The summed E-state index contributed by atoms with van der Waals surface area (Å²) < 4.78 is 43.5. The molecule has 144 valence electrons. The van der Waals surface area contributed by atoms with Crippen molar-refractivity contribution >= 4 is 11.7 Å². The van der Waals surface area contributed by atoms with Gasteiger partial charge in [-0.05, 0) is 17.7 Å². The van der Waals surface area contributed by atoms with E-state index in [-0.39, 0.29) is 37.1 Å². The average Bonchev–Trinajstić information content (AvgIpc) is 2.56. The fourth-order valence-corrected chi connectivity index (χ4v) is 2.93. The van der Waals surface area contributed by atoms with E-state index in [2.05, 4.69) is 9.97 Å². The van der Waals surface area contributed by atoms with E-state index in [0.717, 1.165) is 18.2 Å². The van der Waals surface area contributed by atoms with E-state index in [1.54, 1.807) is 19.0 Å². The molecule has 0 atom stereocenters. The van der Waals surface area contributed by atoms with Crippen molar-refractivity contribution in [1.29, 1.82) is 0 Å². The Hall–Kier alpha value is -2.68. The average molecular weight is 381 g/mol. The molecule has 1 aliphatic rings. The summed E-state index contributed by atoms with van der Waals surface area (Å²) in [5.41, 5.74) is -1.32. The maximum Gasteiger partial charge on any atom is 0.416 e. The molecule has 2 heterocycles. The minimum Gasteiger partial charge on any atom is -0.379 e. The van der Waals surface area contributed by atoms with Gasteiger partial charge < -0.3 is 9.64 Å². The van der Waals surface area contributed by atoms with Gasteiger partial charge in [0.15, 0.2) is 5.78 Å². The number of nitrogens with one attached hydrogen (secondary N) is 1. The van der Waals surface area contributed by atoms with Crippen LogP contribution < -0.4 is 10.5 Å². The van der Waals surface area contributed by atoms with Crippen LogP contribution in [0.1, 0.15) is 28.0 Å². The molecule has 1 aromatic carbocycles. The standard InChI is InChI=1S/C18H18F3N3O3/c1-24(2)16-22-13(7-15(26)23-16)14(25)8-17(9-27-10-17)11-3-5-12(6-4-11)18(19,20)21/h3-7H,8-10H2,1-2H3,(H,22,23,26). The number of rotatable bonds is 5. The van der Waals surface area contributed by atoms with E-state index >= 15 is 0 Å². The fourth-order valence-electron chi connectivity index (χ4n) is 2.93. The summed E-state index contributed by atoms with van der Waals surface area (Å²) in [4.78, 5) is 32.7. The van der Waals surface area contributed by atoms with E-state index in [9.17, 15) is 22.8 Å². The number of halogens is 3. The Morgan fingerprint density at radius 2 is 1.89 bits per heavy atom. The van der Waals surface area contributed by atoms with E-state index in [1.165, 1.54) is 12.1 Å². The first-order chi connectivity index (χ1) is 12.6. The maximum absolute atomic E-state index is 12.8. The van der Waals surface area contributed by atoms with Crippen LogP contribution >= 0.6 is 0 Å². The van der Waals surface area contributed by atoms with Crippen molar-refractivity contribution in [2.24, 2.45) is 0 Å². The minimum absolute atomic E-state index is 0.0122. The van der Waals surface area contributed by atoms with Gasteiger partial charge in [0, 0.05) is 32.0 Å². The SMILES string of the molecule is CN(C)c1nc(C(=O)CC2(c3ccc(C(F)(F)F)cc3)COC2)cc(=O)[nH]1. The number of aromatic amines is 1. The van der Waals surface area contributed by atoms with E-state index in [0.29, 0.717) is 5.56 Å². The van der Waals surface area contributed by atoms with Crippen LogP contribution in [0.2, 0.25) is 0 Å². The normalized spacial score (nSPS) is 15.9. The monoisotopic (exact) mass is 381 g/mol. The van der Waals surface area contributed by atoms with Crippen LogP contribution in [0.3, 0.4) is 0 Å². The van der Waals surface area contributed by atoms with Crippen LogP contribution in [0.5, 0.6) is 0 Å². The highest BCUT2D eigenvalue weighted by molar-refractivity contribution is 5.95. The smallest absolute Gasteiger partial charge is 0.379 e. The second-order valence-electron chi connectivity index (χ2n) is 6.80. The molecule has 0 aliphatic carbocycles. The Bertz CT molecular complexity index is 901. The van der Waals surface area contributed by atoms with Gasteiger partial charge in [0.05, 0.1) is 18.8 Å². The summed E-state index contributed by atoms with van der Waals surface area (Å²) >= 11 is 0. The molecule has 0 bridgehead atoms. The summed E-state index contributed by atoms with van der Waals surface area (Å²) in [6.07, 6.45) is -4.43. The molecular weight excluding hydrogens is 363 g/mol. The largest absolute Gasteiger partial charge is 0.416 e. The molecule has 6 nitrogen and oxygen atoms in total. The van der Waals surface area contributed by atoms with Gasteiger partial charge in [-0.2, -0.15) is 13.2 Å². The van der Waals surface area contributed by atoms with Crippen molar-refractivity contribution in [1.82, 2.24) is 9.97 Å². The lowest BCUT2D eigenvalue weighted by Gasteiger charge is -2.41. The molecule has 2 aromatic rings. The predicted molar refractivity (Wildman–Crippen MR) is 92.1 cm³/mol. The first kappa shape index (κ1) is 19.1. The van der Waals surface area contributed by atoms with Crippen LogP contribution in [0.4, 0.5) is 19.1 Å². The summed E-state index contributed by atoms with van der Waals surface area (Å²) in [6, 6.07) is 5.85. The number of H-pyrrole nitrogens is 1. The number of anilines is 1. The number of ether oxygens (including phenoxy) is 1. The zero-order chi connectivity index (χ0) is 19.8. The number of ketones is 1. The van der Waals surface area contributed by atoms with E-state index in [4.69, 9.17) is 4.74 Å².